The van der Waals surface area contributed by atoms with Crippen LogP contribution in [0, 0.1) is 6.92 Å². The van der Waals surface area contributed by atoms with Gasteiger partial charge < -0.3 is 15.0 Å². The van der Waals surface area contributed by atoms with Gasteiger partial charge in [0.1, 0.15) is 24.1 Å². The van der Waals surface area contributed by atoms with Crippen molar-refractivity contribution < 1.29 is 22.7 Å². The maximum atomic E-state index is 14.3. The number of carbonyl (C=O) groups is 2. The van der Waals surface area contributed by atoms with E-state index in [1.165, 1.54) is 17.0 Å². The highest BCUT2D eigenvalue weighted by molar-refractivity contribution is 7.92. The van der Waals surface area contributed by atoms with Gasteiger partial charge in [0.15, 0.2) is 0 Å². The summed E-state index contributed by atoms with van der Waals surface area (Å²) in [5, 5.41) is 2.96. The van der Waals surface area contributed by atoms with Crippen molar-refractivity contribution in [1.82, 2.24) is 10.2 Å². The number of ether oxygens (including phenoxy) is 1. The first kappa shape index (κ1) is 33.3. The molecule has 1 N–H and O–H groups in total. The topological polar surface area (TPSA) is 96.0 Å². The van der Waals surface area contributed by atoms with Crippen LogP contribution in [0.15, 0.2) is 114 Å². The molecule has 0 unspecified atom stereocenters. The zero-order valence-corrected chi connectivity index (χ0v) is 26.9. The van der Waals surface area contributed by atoms with Crippen molar-refractivity contribution >= 4 is 27.5 Å². The van der Waals surface area contributed by atoms with E-state index in [2.05, 4.69) is 5.32 Å². The number of benzene rings is 4. The molecule has 0 fully saturated rings. The number of amides is 2. The Morgan fingerprint density at radius 1 is 0.800 bits per heavy atom. The molecule has 2 amide bonds. The van der Waals surface area contributed by atoms with Crippen LogP contribution in [0.25, 0.3) is 0 Å². The third kappa shape index (κ3) is 8.73. The molecule has 45 heavy (non-hydrogen) atoms. The van der Waals surface area contributed by atoms with Gasteiger partial charge >= 0.3 is 0 Å². The summed E-state index contributed by atoms with van der Waals surface area (Å²) in [6, 6.07) is 30.7. The lowest BCUT2D eigenvalue weighted by molar-refractivity contribution is -0.140. The molecule has 8 nitrogen and oxygen atoms in total. The predicted molar refractivity (Wildman–Crippen MR) is 178 cm³/mol. The first-order chi connectivity index (χ1) is 21.7. The molecule has 0 spiro atoms. The third-order valence-corrected chi connectivity index (χ3v) is 9.32. The minimum Gasteiger partial charge on any atom is -0.457 e. The maximum absolute atomic E-state index is 14.3. The Bertz CT molecular complexity index is 1650. The van der Waals surface area contributed by atoms with Crippen LogP contribution in [-0.4, -0.2) is 44.3 Å². The maximum Gasteiger partial charge on any atom is 0.264 e. The number of rotatable bonds is 15. The Labute approximate surface area is 266 Å². The number of para-hydroxylation sites is 1. The lowest BCUT2D eigenvalue weighted by Gasteiger charge is -2.33. The fourth-order valence-corrected chi connectivity index (χ4v) is 6.39. The van der Waals surface area contributed by atoms with Gasteiger partial charge in [0.2, 0.25) is 11.8 Å². The molecule has 4 aromatic carbocycles. The van der Waals surface area contributed by atoms with Gasteiger partial charge in [-0.15, -0.1) is 0 Å². The van der Waals surface area contributed by atoms with Crippen molar-refractivity contribution in [3.63, 3.8) is 0 Å². The van der Waals surface area contributed by atoms with Crippen molar-refractivity contribution in [2.45, 2.75) is 57.5 Å². The van der Waals surface area contributed by atoms with Gasteiger partial charge in [-0.1, -0.05) is 80.9 Å². The van der Waals surface area contributed by atoms with Crippen molar-refractivity contribution in [1.29, 1.82) is 0 Å². The number of hydrogen-bond donors (Lipinski definition) is 1. The van der Waals surface area contributed by atoms with Gasteiger partial charge in [0.25, 0.3) is 10.0 Å². The van der Waals surface area contributed by atoms with Gasteiger partial charge in [0.05, 0.1) is 10.6 Å². The van der Waals surface area contributed by atoms with Crippen molar-refractivity contribution in [3.8, 4) is 11.5 Å². The smallest absolute Gasteiger partial charge is 0.264 e. The van der Waals surface area contributed by atoms with Crippen molar-refractivity contribution in [2.24, 2.45) is 0 Å². The number of nitrogens with one attached hydrogen (secondary N) is 1. The van der Waals surface area contributed by atoms with E-state index in [4.69, 9.17) is 4.74 Å². The Morgan fingerprint density at radius 2 is 1.40 bits per heavy atom. The Kier molecular flexibility index (Phi) is 11.8. The van der Waals surface area contributed by atoms with E-state index in [1.54, 1.807) is 42.5 Å². The van der Waals surface area contributed by atoms with Crippen LogP contribution in [0.2, 0.25) is 0 Å². The molecule has 0 aromatic heterocycles. The van der Waals surface area contributed by atoms with Crippen molar-refractivity contribution in [2.75, 3.05) is 17.4 Å². The highest BCUT2D eigenvalue weighted by Crippen LogP contribution is 2.29. The number of aryl methyl sites for hydroxylation is 1. The molecule has 0 radical (unpaired) electrons. The average molecular weight is 628 g/mol. The summed E-state index contributed by atoms with van der Waals surface area (Å²) < 4.78 is 35.1. The van der Waals surface area contributed by atoms with E-state index < -0.39 is 28.5 Å². The molecular weight excluding hydrogens is 586 g/mol. The zero-order valence-electron chi connectivity index (χ0n) is 26.1. The quantitative estimate of drug-likeness (QED) is 0.148. The number of sulfonamides is 1. The molecule has 0 bridgehead atoms. The Balaban J connectivity index is 1.70. The molecule has 236 valence electrons. The molecule has 9 heteroatoms. The Hall–Kier alpha value is -4.63. The SMILES string of the molecule is CCCCNC(=O)[C@@H](CC)N(Cc1ccccc1C)C(=O)CN(c1ccc(Oc2ccccc2)cc1)S(=O)(=O)c1ccccc1. The molecule has 0 aliphatic heterocycles. The second-order valence-electron chi connectivity index (χ2n) is 10.8. The highest BCUT2D eigenvalue weighted by atomic mass is 32.2. The fourth-order valence-electron chi connectivity index (χ4n) is 4.95. The minimum absolute atomic E-state index is 0.0530. The van der Waals surface area contributed by atoms with Crippen LogP contribution < -0.4 is 14.4 Å². The normalized spacial score (nSPS) is 11.8. The molecule has 4 aromatic rings. The summed E-state index contributed by atoms with van der Waals surface area (Å²) in [7, 11) is -4.16. The van der Waals surface area contributed by atoms with Gasteiger partial charge in [-0.3, -0.25) is 13.9 Å². The highest BCUT2D eigenvalue weighted by Gasteiger charge is 2.33. The lowest BCUT2D eigenvalue weighted by Crippen LogP contribution is -2.52. The number of hydrogen-bond acceptors (Lipinski definition) is 5. The fraction of sp³-hybridized carbons (Fsp3) is 0.278. The van der Waals surface area contributed by atoms with Gasteiger partial charge in [0, 0.05) is 13.1 Å². The number of unbranched alkanes of at least 4 members (excludes halogenated alkanes) is 1. The summed E-state index contributed by atoms with van der Waals surface area (Å²) in [6.45, 7) is 6.01. The predicted octanol–water partition coefficient (Wildman–Crippen LogP) is 6.71. The number of nitrogens with zero attached hydrogens (tertiary/aromatic N) is 2. The number of carbonyl (C=O) groups excluding carboxylic acids is 2. The second-order valence-corrected chi connectivity index (χ2v) is 12.6. The lowest BCUT2D eigenvalue weighted by atomic mass is 10.1. The number of anilines is 1. The first-order valence-corrected chi connectivity index (χ1v) is 16.7. The Morgan fingerprint density at radius 3 is 2.02 bits per heavy atom. The molecule has 4 rings (SSSR count). The van der Waals surface area contributed by atoms with Crippen LogP contribution in [0.4, 0.5) is 5.69 Å². The standard InChI is InChI=1S/C36H41N3O5S/c1-4-6-25-37-36(41)34(5-2)38(26-29-16-14-13-15-28(29)3)35(40)27-39(45(42,43)33-19-11-8-12-20-33)30-21-23-32(24-22-30)44-31-17-9-7-10-18-31/h7-24,34H,4-6,25-27H2,1-3H3,(H,37,41)/t34-/m1/s1. The van der Waals surface area contributed by atoms with E-state index in [-0.39, 0.29) is 17.3 Å². The van der Waals surface area contributed by atoms with Crippen molar-refractivity contribution in [3.05, 3.63) is 120 Å². The van der Waals surface area contributed by atoms with Crippen LogP contribution in [0.3, 0.4) is 0 Å². The summed E-state index contributed by atoms with van der Waals surface area (Å²) >= 11 is 0. The van der Waals surface area contributed by atoms with E-state index in [1.807, 2.05) is 75.4 Å². The molecule has 0 aliphatic carbocycles. The summed E-state index contributed by atoms with van der Waals surface area (Å²) in [5.74, 6) is 0.417. The van der Waals surface area contributed by atoms with E-state index in [0.29, 0.717) is 30.2 Å². The second kappa shape index (κ2) is 15.9. The van der Waals surface area contributed by atoms with Gasteiger partial charge in [-0.2, -0.15) is 0 Å². The average Bonchev–Trinajstić information content (AvgIpc) is 3.05. The summed E-state index contributed by atoms with van der Waals surface area (Å²) in [4.78, 5) is 29.2. The molecule has 0 aliphatic rings. The van der Waals surface area contributed by atoms with Gasteiger partial charge in [-0.25, -0.2) is 8.42 Å². The van der Waals surface area contributed by atoms with Crippen LogP contribution in [0.5, 0.6) is 11.5 Å². The molecule has 1 atom stereocenters. The monoisotopic (exact) mass is 627 g/mol. The summed E-state index contributed by atoms with van der Waals surface area (Å²) in [5.41, 5.74) is 2.15. The summed E-state index contributed by atoms with van der Waals surface area (Å²) in [6.07, 6.45) is 2.11. The van der Waals surface area contributed by atoms with E-state index in [9.17, 15) is 18.0 Å². The van der Waals surface area contributed by atoms with E-state index >= 15 is 0 Å². The largest absolute Gasteiger partial charge is 0.457 e. The minimum atomic E-state index is -4.16. The molecule has 0 saturated carbocycles. The first-order valence-electron chi connectivity index (χ1n) is 15.3. The molecule has 0 heterocycles. The molecule has 0 saturated heterocycles. The molecular formula is C36H41N3O5S. The zero-order chi connectivity index (χ0) is 32.2. The van der Waals surface area contributed by atoms with Gasteiger partial charge in [-0.05, 0) is 79.4 Å². The third-order valence-electron chi connectivity index (χ3n) is 7.53. The van der Waals surface area contributed by atoms with Crippen LogP contribution >= 0.6 is 0 Å². The van der Waals surface area contributed by atoms with E-state index in [0.717, 1.165) is 28.3 Å². The van der Waals surface area contributed by atoms with Crippen LogP contribution in [-0.2, 0) is 26.2 Å². The van der Waals surface area contributed by atoms with Crippen LogP contribution in [0.1, 0.15) is 44.2 Å².